The minimum absolute atomic E-state index is 0.454. The van der Waals surface area contributed by atoms with Crippen LogP contribution in [0.3, 0.4) is 0 Å². The minimum Gasteiger partial charge on any atom is -0.497 e. The van der Waals surface area contributed by atoms with Gasteiger partial charge in [0.2, 0.25) is 0 Å². The Morgan fingerprint density at radius 1 is 1.20 bits per heavy atom. The molecule has 0 N–H and O–H groups in total. The highest BCUT2D eigenvalue weighted by molar-refractivity contribution is 5.95. The van der Waals surface area contributed by atoms with Crippen LogP contribution in [0.15, 0.2) is 41.0 Å². The highest BCUT2D eigenvalue weighted by atomic mass is 16.5. The van der Waals surface area contributed by atoms with Crippen LogP contribution in [-0.2, 0) is 4.74 Å². The Labute approximate surface area is 150 Å². The van der Waals surface area contributed by atoms with Gasteiger partial charge >= 0.3 is 0 Å². The maximum Gasteiger partial charge on any atom is 0.127 e. The third kappa shape index (κ3) is 3.98. The lowest BCUT2D eigenvalue weighted by atomic mass is 10.1. The van der Waals surface area contributed by atoms with Gasteiger partial charge in [-0.3, -0.25) is 0 Å². The number of amidine groups is 1. The minimum atomic E-state index is 0.454. The summed E-state index contributed by atoms with van der Waals surface area (Å²) in [5.74, 6) is 2.00. The molecule has 1 saturated heterocycles. The lowest BCUT2D eigenvalue weighted by Crippen LogP contribution is -2.40. The normalized spacial score (nSPS) is 20.5. The van der Waals surface area contributed by atoms with Crippen molar-refractivity contribution in [3.63, 3.8) is 0 Å². The van der Waals surface area contributed by atoms with E-state index >= 15 is 0 Å². The Kier molecular flexibility index (Phi) is 5.97. The summed E-state index contributed by atoms with van der Waals surface area (Å²) in [7, 11) is 3.48. The van der Waals surface area contributed by atoms with Crippen LogP contribution in [0.4, 0.5) is 5.69 Å². The van der Waals surface area contributed by atoms with E-state index in [1.807, 2.05) is 12.1 Å². The maximum absolute atomic E-state index is 5.39. The molecule has 5 heteroatoms. The molecule has 2 aliphatic rings. The zero-order valence-corrected chi connectivity index (χ0v) is 15.6. The van der Waals surface area contributed by atoms with E-state index in [0.717, 1.165) is 43.3 Å². The number of nitrogens with zero attached hydrogens (tertiary/aromatic N) is 3. The fourth-order valence-corrected chi connectivity index (χ4v) is 3.66. The molecule has 0 aromatic heterocycles. The number of rotatable bonds is 6. The molecule has 1 fully saturated rings. The van der Waals surface area contributed by atoms with Crippen molar-refractivity contribution in [1.82, 2.24) is 4.90 Å². The summed E-state index contributed by atoms with van der Waals surface area (Å²) >= 11 is 0. The van der Waals surface area contributed by atoms with Crippen molar-refractivity contribution in [1.29, 1.82) is 0 Å². The fraction of sp³-hybridized carbons (Fsp3) is 0.550. The lowest BCUT2D eigenvalue weighted by molar-refractivity contribution is 0.145. The van der Waals surface area contributed by atoms with Crippen LogP contribution in [-0.4, -0.2) is 50.8 Å². The number of ether oxygens (including phenoxy) is 2. The molecule has 2 aliphatic heterocycles. The Morgan fingerprint density at radius 2 is 2.00 bits per heavy atom. The Hall–Kier alpha value is -2.01. The third-order valence-electron chi connectivity index (χ3n) is 4.94. The standard InChI is InChI=1S/C20H29N3O2/c1-4-6-17-13-20(22-12-5-7-18(22)14-24-2)21-15-23(17)16-8-10-19(25-3)11-9-16/h8-11,13,18H,4-7,12,14-15H2,1-3H3/t18-/m0/s1. The van der Waals surface area contributed by atoms with E-state index in [1.165, 1.54) is 18.5 Å². The molecule has 0 amide bonds. The Bertz CT molecular complexity index is 624. The quantitative estimate of drug-likeness (QED) is 0.790. The summed E-state index contributed by atoms with van der Waals surface area (Å²) in [4.78, 5) is 9.60. The molecular formula is C20H29N3O2. The van der Waals surface area contributed by atoms with Gasteiger partial charge in [-0.05, 0) is 49.6 Å². The Balaban J connectivity index is 1.80. The van der Waals surface area contributed by atoms with Crippen LogP contribution < -0.4 is 9.64 Å². The van der Waals surface area contributed by atoms with Crippen molar-refractivity contribution in [2.45, 2.75) is 38.6 Å². The van der Waals surface area contributed by atoms with Gasteiger partial charge in [-0.2, -0.15) is 0 Å². The topological polar surface area (TPSA) is 37.3 Å². The number of methoxy groups -OCH3 is 2. The van der Waals surface area contributed by atoms with E-state index < -0.39 is 0 Å². The number of allylic oxidation sites excluding steroid dienone is 1. The highest BCUT2D eigenvalue weighted by Crippen LogP contribution is 2.28. The van der Waals surface area contributed by atoms with E-state index in [9.17, 15) is 0 Å². The first-order valence-electron chi connectivity index (χ1n) is 9.19. The predicted octanol–water partition coefficient (Wildman–Crippen LogP) is 3.67. The molecule has 1 aromatic rings. The van der Waals surface area contributed by atoms with E-state index in [1.54, 1.807) is 14.2 Å². The number of hydrogen-bond donors (Lipinski definition) is 0. The number of benzene rings is 1. The maximum atomic E-state index is 5.39. The van der Waals surface area contributed by atoms with Gasteiger partial charge in [-0.25, -0.2) is 4.99 Å². The van der Waals surface area contributed by atoms with Gasteiger partial charge in [-0.15, -0.1) is 0 Å². The van der Waals surface area contributed by atoms with Gasteiger partial charge in [0.05, 0.1) is 19.8 Å². The van der Waals surface area contributed by atoms with Gasteiger partial charge in [0.1, 0.15) is 18.3 Å². The summed E-state index contributed by atoms with van der Waals surface area (Å²) in [5, 5.41) is 0. The molecule has 0 spiro atoms. The molecule has 0 radical (unpaired) electrons. The second-order valence-corrected chi connectivity index (χ2v) is 6.61. The lowest BCUT2D eigenvalue weighted by Gasteiger charge is -2.34. The SMILES string of the molecule is CCCC1=CC(N2CCC[C@H]2COC)=NCN1c1ccc(OC)cc1. The van der Waals surface area contributed by atoms with E-state index in [2.05, 4.69) is 34.9 Å². The summed E-state index contributed by atoms with van der Waals surface area (Å²) < 4.78 is 10.7. The first kappa shape index (κ1) is 17.8. The van der Waals surface area contributed by atoms with Crippen LogP contribution in [0, 0.1) is 0 Å². The van der Waals surface area contributed by atoms with Gasteiger partial charge in [0.25, 0.3) is 0 Å². The second-order valence-electron chi connectivity index (χ2n) is 6.61. The van der Waals surface area contributed by atoms with Crippen LogP contribution in [0.5, 0.6) is 5.75 Å². The number of likely N-dealkylation sites (tertiary alicyclic amines) is 1. The van der Waals surface area contributed by atoms with Crippen molar-refractivity contribution in [2.24, 2.45) is 4.99 Å². The molecule has 1 atom stereocenters. The van der Waals surface area contributed by atoms with Gasteiger partial charge in [0.15, 0.2) is 0 Å². The van der Waals surface area contributed by atoms with Gasteiger partial charge in [-0.1, -0.05) is 13.3 Å². The molecular weight excluding hydrogens is 314 g/mol. The third-order valence-corrected chi connectivity index (χ3v) is 4.94. The molecule has 136 valence electrons. The zero-order chi connectivity index (χ0) is 17.6. The molecule has 3 rings (SSSR count). The van der Waals surface area contributed by atoms with E-state index in [4.69, 9.17) is 14.5 Å². The zero-order valence-electron chi connectivity index (χ0n) is 15.6. The van der Waals surface area contributed by atoms with Crippen molar-refractivity contribution in [3.8, 4) is 5.75 Å². The van der Waals surface area contributed by atoms with Crippen LogP contribution >= 0.6 is 0 Å². The Morgan fingerprint density at radius 3 is 2.68 bits per heavy atom. The predicted molar refractivity (Wildman–Crippen MR) is 102 cm³/mol. The average Bonchev–Trinajstić information content (AvgIpc) is 3.11. The number of anilines is 1. The van der Waals surface area contributed by atoms with Crippen LogP contribution in [0.25, 0.3) is 0 Å². The smallest absolute Gasteiger partial charge is 0.127 e. The fourth-order valence-electron chi connectivity index (χ4n) is 3.66. The number of aliphatic imine (C=N–C) groups is 1. The van der Waals surface area contributed by atoms with Crippen molar-refractivity contribution < 1.29 is 9.47 Å². The first-order valence-corrected chi connectivity index (χ1v) is 9.19. The highest BCUT2D eigenvalue weighted by Gasteiger charge is 2.28. The number of hydrogen-bond acceptors (Lipinski definition) is 5. The van der Waals surface area contributed by atoms with Crippen LogP contribution in [0.2, 0.25) is 0 Å². The molecule has 1 aromatic carbocycles. The van der Waals surface area contributed by atoms with Crippen molar-refractivity contribution in [2.75, 3.05) is 38.9 Å². The van der Waals surface area contributed by atoms with Gasteiger partial charge < -0.3 is 19.3 Å². The molecule has 0 saturated carbocycles. The molecule has 5 nitrogen and oxygen atoms in total. The average molecular weight is 343 g/mol. The summed E-state index contributed by atoms with van der Waals surface area (Å²) in [5.41, 5.74) is 2.50. The monoisotopic (exact) mass is 343 g/mol. The van der Waals surface area contributed by atoms with Gasteiger partial charge in [0, 0.05) is 25.0 Å². The summed E-state index contributed by atoms with van der Waals surface area (Å²) in [6.45, 7) is 4.75. The molecule has 2 heterocycles. The van der Waals surface area contributed by atoms with Crippen molar-refractivity contribution in [3.05, 3.63) is 36.0 Å². The van der Waals surface area contributed by atoms with E-state index in [-0.39, 0.29) is 0 Å². The molecule has 0 aliphatic carbocycles. The summed E-state index contributed by atoms with van der Waals surface area (Å²) in [6, 6.07) is 8.68. The van der Waals surface area contributed by atoms with E-state index in [0.29, 0.717) is 12.7 Å². The molecule has 0 unspecified atom stereocenters. The van der Waals surface area contributed by atoms with Crippen LogP contribution in [0.1, 0.15) is 32.6 Å². The summed E-state index contributed by atoms with van der Waals surface area (Å²) in [6.07, 6.45) is 6.84. The largest absolute Gasteiger partial charge is 0.497 e. The molecule has 0 bridgehead atoms. The first-order chi connectivity index (χ1) is 12.3. The second kappa shape index (κ2) is 8.39. The molecule has 25 heavy (non-hydrogen) atoms. The van der Waals surface area contributed by atoms with Crippen molar-refractivity contribution >= 4 is 11.5 Å².